The number of nitrogens with one attached hydrogen (secondary N) is 2. The van der Waals surface area contributed by atoms with Crippen LogP contribution in [0, 0.1) is 0 Å². The SMILES string of the molecule is CCCC(NC(=O)NCC1(N(C)C)CCC1)C(=O)O. The zero-order chi connectivity index (χ0) is 14.5. The van der Waals surface area contributed by atoms with Crippen LogP contribution in [0.4, 0.5) is 4.79 Å². The number of likely N-dealkylation sites (N-methyl/N-ethyl adjacent to an activating group) is 1. The molecule has 6 heteroatoms. The van der Waals surface area contributed by atoms with Gasteiger partial charge in [0.1, 0.15) is 6.04 Å². The van der Waals surface area contributed by atoms with E-state index < -0.39 is 18.0 Å². The molecule has 0 heterocycles. The monoisotopic (exact) mass is 271 g/mol. The van der Waals surface area contributed by atoms with Crippen molar-refractivity contribution in [1.29, 1.82) is 0 Å². The Bertz CT molecular complexity index is 327. The second kappa shape index (κ2) is 6.75. The molecule has 110 valence electrons. The molecule has 1 aliphatic rings. The van der Waals surface area contributed by atoms with Crippen LogP contribution < -0.4 is 10.6 Å². The van der Waals surface area contributed by atoms with Gasteiger partial charge in [0.05, 0.1) is 0 Å². The minimum absolute atomic E-state index is 0.0425. The van der Waals surface area contributed by atoms with Crippen molar-refractivity contribution in [3.63, 3.8) is 0 Å². The lowest BCUT2D eigenvalue weighted by Crippen LogP contribution is -2.59. The maximum atomic E-state index is 11.7. The highest BCUT2D eigenvalue weighted by Crippen LogP contribution is 2.35. The van der Waals surface area contributed by atoms with Gasteiger partial charge in [-0.1, -0.05) is 13.3 Å². The highest BCUT2D eigenvalue weighted by atomic mass is 16.4. The molecule has 1 aliphatic carbocycles. The Labute approximate surface area is 114 Å². The van der Waals surface area contributed by atoms with Gasteiger partial charge < -0.3 is 20.6 Å². The number of hydrogen-bond acceptors (Lipinski definition) is 3. The van der Waals surface area contributed by atoms with Crippen molar-refractivity contribution in [2.75, 3.05) is 20.6 Å². The molecule has 0 aliphatic heterocycles. The topological polar surface area (TPSA) is 81.7 Å². The summed E-state index contributed by atoms with van der Waals surface area (Å²) in [6.45, 7) is 2.45. The number of carbonyl (C=O) groups is 2. The van der Waals surface area contributed by atoms with Gasteiger partial charge in [0, 0.05) is 12.1 Å². The predicted octanol–water partition coefficient (Wildman–Crippen LogP) is 1.02. The summed E-state index contributed by atoms with van der Waals surface area (Å²) in [5.74, 6) is -0.983. The number of carboxylic acid groups (broad SMARTS) is 1. The van der Waals surface area contributed by atoms with Gasteiger partial charge in [-0.15, -0.1) is 0 Å². The highest BCUT2D eigenvalue weighted by molar-refractivity contribution is 5.82. The summed E-state index contributed by atoms with van der Waals surface area (Å²) >= 11 is 0. The van der Waals surface area contributed by atoms with Crippen molar-refractivity contribution in [3.05, 3.63) is 0 Å². The molecule has 6 nitrogen and oxygen atoms in total. The lowest BCUT2D eigenvalue weighted by atomic mass is 9.75. The Balaban J connectivity index is 2.40. The standard InChI is InChI=1S/C13H25N3O3/c1-4-6-10(11(17)18)15-12(19)14-9-13(16(2)3)7-5-8-13/h10H,4-9H2,1-3H3,(H,17,18)(H2,14,15,19). The first-order valence-corrected chi connectivity index (χ1v) is 6.86. The molecule has 1 unspecified atom stereocenters. The lowest BCUT2D eigenvalue weighted by Gasteiger charge is -2.47. The first-order chi connectivity index (χ1) is 8.91. The quantitative estimate of drug-likeness (QED) is 0.646. The van der Waals surface area contributed by atoms with Gasteiger partial charge in [-0.05, 0) is 39.8 Å². The fourth-order valence-corrected chi connectivity index (χ4v) is 2.37. The van der Waals surface area contributed by atoms with Crippen LogP contribution in [0.2, 0.25) is 0 Å². The van der Waals surface area contributed by atoms with Crippen LogP contribution in [-0.2, 0) is 4.79 Å². The fraction of sp³-hybridized carbons (Fsp3) is 0.846. The number of aliphatic carboxylic acids is 1. The summed E-state index contributed by atoms with van der Waals surface area (Å²) in [4.78, 5) is 24.8. The number of urea groups is 1. The molecule has 3 N–H and O–H groups in total. The number of amides is 2. The van der Waals surface area contributed by atoms with Crippen LogP contribution in [0.3, 0.4) is 0 Å². The first-order valence-electron chi connectivity index (χ1n) is 6.86. The summed E-state index contributed by atoms with van der Waals surface area (Å²) in [6, 6.07) is -1.20. The van der Waals surface area contributed by atoms with Gasteiger partial charge in [0.25, 0.3) is 0 Å². The molecular formula is C13H25N3O3. The Morgan fingerprint density at radius 1 is 1.37 bits per heavy atom. The molecular weight excluding hydrogens is 246 g/mol. The third kappa shape index (κ3) is 4.09. The molecule has 0 radical (unpaired) electrons. The molecule has 1 saturated carbocycles. The van der Waals surface area contributed by atoms with Crippen molar-refractivity contribution in [1.82, 2.24) is 15.5 Å². The second-order valence-electron chi connectivity index (χ2n) is 5.48. The van der Waals surface area contributed by atoms with E-state index in [9.17, 15) is 9.59 Å². The molecule has 0 spiro atoms. The molecule has 0 saturated heterocycles. The maximum absolute atomic E-state index is 11.7. The summed E-state index contributed by atoms with van der Waals surface area (Å²) in [7, 11) is 4.02. The van der Waals surface area contributed by atoms with Crippen LogP contribution in [0.5, 0.6) is 0 Å². The van der Waals surface area contributed by atoms with Crippen LogP contribution in [0.1, 0.15) is 39.0 Å². The average Bonchev–Trinajstić information content (AvgIpc) is 2.26. The van der Waals surface area contributed by atoms with E-state index >= 15 is 0 Å². The van der Waals surface area contributed by atoms with Gasteiger partial charge >= 0.3 is 12.0 Å². The van der Waals surface area contributed by atoms with Crippen molar-refractivity contribution in [3.8, 4) is 0 Å². The van der Waals surface area contributed by atoms with E-state index in [1.54, 1.807) is 0 Å². The molecule has 0 bridgehead atoms. The minimum atomic E-state index is -0.983. The Kier molecular flexibility index (Phi) is 5.60. The van der Waals surface area contributed by atoms with Crippen LogP contribution >= 0.6 is 0 Å². The molecule has 0 aromatic carbocycles. The van der Waals surface area contributed by atoms with Crippen molar-refractivity contribution in [2.45, 2.75) is 50.6 Å². The zero-order valence-corrected chi connectivity index (χ0v) is 12.0. The largest absolute Gasteiger partial charge is 0.480 e. The summed E-state index contributed by atoms with van der Waals surface area (Å²) < 4.78 is 0. The van der Waals surface area contributed by atoms with Gasteiger partial charge in [0.2, 0.25) is 0 Å². The summed E-state index contributed by atoms with van der Waals surface area (Å²) in [5, 5.41) is 14.3. The molecule has 1 rings (SSSR count). The molecule has 19 heavy (non-hydrogen) atoms. The number of carbonyl (C=O) groups excluding carboxylic acids is 1. The Morgan fingerprint density at radius 3 is 2.37 bits per heavy atom. The molecule has 2 amide bonds. The maximum Gasteiger partial charge on any atom is 0.326 e. The normalized spacial score (nSPS) is 18.5. The van der Waals surface area contributed by atoms with Crippen LogP contribution in [0.15, 0.2) is 0 Å². The van der Waals surface area contributed by atoms with Crippen molar-refractivity contribution >= 4 is 12.0 Å². The third-order valence-electron chi connectivity index (χ3n) is 3.99. The summed E-state index contributed by atoms with van der Waals surface area (Å²) in [6.07, 6.45) is 4.48. The van der Waals surface area contributed by atoms with E-state index in [-0.39, 0.29) is 5.54 Å². The van der Waals surface area contributed by atoms with E-state index in [0.29, 0.717) is 13.0 Å². The van der Waals surface area contributed by atoms with E-state index in [0.717, 1.165) is 19.3 Å². The molecule has 0 aromatic heterocycles. The fourth-order valence-electron chi connectivity index (χ4n) is 2.37. The molecule has 1 fully saturated rings. The highest BCUT2D eigenvalue weighted by Gasteiger charge is 2.39. The number of carboxylic acids is 1. The van der Waals surface area contributed by atoms with Crippen LogP contribution in [0.25, 0.3) is 0 Å². The predicted molar refractivity (Wildman–Crippen MR) is 73.1 cm³/mol. The number of nitrogens with zero attached hydrogens (tertiary/aromatic N) is 1. The van der Waals surface area contributed by atoms with Gasteiger partial charge in [-0.2, -0.15) is 0 Å². The van der Waals surface area contributed by atoms with E-state index in [1.165, 1.54) is 6.42 Å². The zero-order valence-electron chi connectivity index (χ0n) is 12.0. The lowest BCUT2D eigenvalue weighted by molar-refractivity contribution is -0.139. The van der Waals surface area contributed by atoms with E-state index in [4.69, 9.17) is 5.11 Å². The number of hydrogen-bond donors (Lipinski definition) is 3. The van der Waals surface area contributed by atoms with Crippen LogP contribution in [-0.4, -0.2) is 54.2 Å². The first kappa shape index (κ1) is 15.8. The second-order valence-corrected chi connectivity index (χ2v) is 5.48. The Hall–Kier alpha value is -1.30. The smallest absolute Gasteiger partial charge is 0.326 e. The van der Waals surface area contributed by atoms with Gasteiger partial charge in [0.15, 0.2) is 0 Å². The number of rotatable bonds is 7. The minimum Gasteiger partial charge on any atom is -0.480 e. The third-order valence-corrected chi connectivity index (χ3v) is 3.99. The summed E-state index contributed by atoms with van der Waals surface area (Å²) in [5.41, 5.74) is 0.0425. The molecule has 1 atom stereocenters. The average molecular weight is 271 g/mol. The Morgan fingerprint density at radius 2 is 2.00 bits per heavy atom. The van der Waals surface area contributed by atoms with E-state index in [2.05, 4.69) is 15.5 Å². The van der Waals surface area contributed by atoms with Gasteiger partial charge in [-0.25, -0.2) is 9.59 Å². The van der Waals surface area contributed by atoms with E-state index in [1.807, 2.05) is 21.0 Å². The van der Waals surface area contributed by atoms with Gasteiger partial charge in [-0.3, -0.25) is 0 Å². The molecule has 0 aromatic rings. The van der Waals surface area contributed by atoms with Crippen molar-refractivity contribution in [2.24, 2.45) is 0 Å². The van der Waals surface area contributed by atoms with Crippen molar-refractivity contribution < 1.29 is 14.7 Å².